The first-order chi connectivity index (χ1) is 12.5. The van der Waals surface area contributed by atoms with Gasteiger partial charge in [0.15, 0.2) is 0 Å². The molecule has 0 amide bonds. The van der Waals surface area contributed by atoms with Crippen LogP contribution >= 0.6 is 0 Å². The van der Waals surface area contributed by atoms with E-state index in [0.717, 1.165) is 31.4 Å². The molecule has 9 heteroatoms. The van der Waals surface area contributed by atoms with Gasteiger partial charge in [0.1, 0.15) is 5.69 Å². The molecule has 3 rings (SSSR count). The lowest BCUT2D eigenvalue weighted by Crippen LogP contribution is -2.27. The number of aromatic nitrogens is 3. The maximum absolute atomic E-state index is 11.4. The summed E-state index contributed by atoms with van der Waals surface area (Å²) in [5.41, 5.74) is 12.8. The summed E-state index contributed by atoms with van der Waals surface area (Å²) in [6.45, 7) is 0.413. The second kappa shape index (κ2) is 8.05. The highest BCUT2D eigenvalue weighted by Gasteiger charge is 2.27. The largest absolute Gasteiger partial charge is 0.378 e. The second-order valence-electron chi connectivity index (χ2n) is 6.64. The van der Waals surface area contributed by atoms with Crippen molar-refractivity contribution < 1.29 is 4.92 Å². The molecule has 9 nitrogen and oxygen atoms in total. The SMILES string of the molecule is Nc1nc(NCc2ccccn2)nc(C[C@H]2CC[C@H](N)CC2)c1[N+](=O)[O-]. The normalized spacial score (nSPS) is 19.9. The van der Waals surface area contributed by atoms with Gasteiger partial charge in [-0.3, -0.25) is 15.1 Å². The van der Waals surface area contributed by atoms with Gasteiger partial charge < -0.3 is 16.8 Å². The van der Waals surface area contributed by atoms with Crippen LogP contribution in [0.3, 0.4) is 0 Å². The fourth-order valence-corrected chi connectivity index (χ4v) is 3.28. The van der Waals surface area contributed by atoms with Gasteiger partial charge in [-0.25, -0.2) is 4.98 Å². The molecule has 0 bridgehead atoms. The summed E-state index contributed by atoms with van der Waals surface area (Å²) in [4.78, 5) is 23.6. The van der Waals surface area contributed by atoms with E-state index < -0.39 is 4.92 Å². The van der Waals surface area contributed by atoms with Crippen molar-refractivity contribution in [3.63, 3.8) is 0 Å². The van der Waals surface area contributed by atoms with Crippen molar-refractivity contribution in [1.82, 2.24) is 15.0 Å². The first kappa shape index (κ1) is 18.0. The number of nitrogens with two attached hydrogens (primary N) is 2. The van der Waals surface area contributed by atoms with Crippen molar-refractivity contribution in [1.29, 1.82) is 0 Å². The third-order valence-electron chi connectivity index (χ3n) is 4.69. The zero-order valence-electron chi connectivity index (χ0n) is 14.5. The van der Waals surface area contributed by atoms with Gasteiger partial charge in [0, 0.05) is 12.2 Å². The smallest absolute Gasteiger partial charge is 0.332 e. The topological polar surface area (TPSA) is 146 Å². The minimum absolute atomic E-state index is 0.115. The summed E-state index contributed by atoms with van der Waals surface area (Å²) in [6.07, 6.45) is 5.96. The maximum Gasteiger partial charge on any atom is 0.332 e. The summed E-state index contributed by atoms with van der Waals surface area (Å²) in [6, 6.07) is 5.81. The number of anilines is 2. The van der Waals surface area contributed by atoms with Crippen LogP contribution in [0.1, 0.15) is 37.1 Å². The lowest BCUT2D eigenvalue weighted by Gasteiger charge is -2.25. The lowest BCUT2D eigenvalue weighted by atomic mass is 9.83. The van der Waals surface area contributed by atoms with Gasteiger partial charge in [-0.05, 0) is 50.2 Å². The van der Waals surface area contributed by atoms with Crippen molar-refractivity contribution in [2.24, 2.45) is 11.7 Å². The van der Waals surface area contributed by atoms with E-state index in [-0.39, 0.29) is 23.5 Å². The number of pyridine rings is 1. The zero-order valence-corrected chi connectivity index (χ0v) is 14.5. The number of nitrogens with one attached hydrogen (secondary N) is 1. The van der Waals surface area contributed by atoms with Gasteiger partial charge in [0.2, 0.25) is 11.8 Å². The van der Waals surface area contributed by atoms with Crippen molar-refractivity contribution >= 4 is 17.5 Å². The number of hydrogen-bond acceptors (Lipinski definition) is 8. The van der Waals surface area contributed by atoms with Gasteiger partial charge in [-0.1, -0.05) is 6.07 Å². The number of hydrogen-bond donors (Lipinski definition) is 3. The summed E-state index contributed by atoms with van der Waals surface area (Å²) in [5, 5.41) is 14.5. The molecule has 1 fully saturated rings. The Hall–Kier alpha value is -2.81. The Morgan fingerprint density at radius 2 is 2.00 bits per heavy atom. The molecule has 0 atom stereocenters. The fraction of sp³-hybridized carbons (Fsp3) is 0.471. The second-order valence-corrected chi connectivity index (χ2v) is 6.64. The molecule has 2 aromatic rings. The van der Waals surface area contributed by atoms with Crippen molar-refractivity contribution in [2.75, 3.05) is 11.1 Å². The van der Waals surface area contributed by atoms with Crippen LogP contribution in [-0.2, 0) is 13.0 Å². The van der Waals surface area contributed by atoms with Crippen LogP contribution in [0.25, 0.3) is 0 Å². The Bertz CT molecular complexity index is 761. The van der Waals surface area contributed by atoms with Crippen LogP contribution in [0, 0.1) is 16.0 Å². The molecule has 138 valence electrons. The van der Waals surface area contributed by atoms with Crippen LogP contribution in [0.5, 0.6) is 0 Å². The highest BCUT2D eigenvalue weighted by atomic mass is 16.6. The van der Waals surface area contributed by atoms with Gasteiger partial charge >= 0.3 is 5.69 Å². The van der Waals surface area contributed by atoms with Crippen molar-refractivity contribution in [3.8, 4) is 0 Å². The molecule has 26 heavy (non-hydrogen) atoms. The van der Waals surface area contributed by atoms with E-state index in [0.29, 0.717) is 24.6 Å². The maximum atomic E-state index is 11.4. The summed E-state index contributed by atoms with van der Waals surface area (Å²) < 4.78 is 0. The Labute approximate surface area is 151 Å². The Balaban J connectivity index is 1.78. The van der Waals surface area contributed by atoms with E-state index >= 15 is 0 Å². The van der Waals surface area contributed by atoms with Gasteiger partial charge in [0.05, 0.1) is 17.2 Å². The minimum Gasteiger partial charge on any atom is -0.378 e. The lowest BCUT2D eigenvalue weighted by molar-refractivity contribution is -0.385. The average Bonchev–Trinajstić information content (AvgIpc) is 2.62. The number of rotatable bonds is 6. The zero-order chi connectivity index (χ0) is 18.5. The Kier molecular flexibility index (Phi) is 5.57. The standard InChI is InChI=1S/C17H23N7O2/c18-12-6-4-11(5-7-12)9-14-15(24(25)26)16(19)23-17(22-14)21-10-13-3-1-2-8-20-13/h1-3,8,11-12H,4-7,9-10,18H2,(H3,19,21,22,23)/t11-,12-. The van der Waals surface area contributed by atoms with E-state index in [1.54, 1.807) is 6.20 Å². The first-order valence-corrected chi connectivity index (χ1v) is 8.73. The quantitative estimate of drug-likeness (QED) is 0.526. The highest BCUT2D eigenvalue weighted by molar-refractivity contribution is 5.58. The molecule has 1 aliphatic rings. The monoisotopic (exact) mass is 357 g/mol. The van der Waals surface area contributed by atoms with Crippen LogP contribution in [0.4, 0.5) is 17.5 Å². The molecular weight excluding hydrogens is 334 g/mol. The van der Waals surface area contributed by atoms with Crippen molar-refractivity contribution in [3.05, 3.63) is 45.9 Å². The number of nitrogen functional groups attached to an aromatic ring is 1. The summed E-state index contributed by atoms with van der Waals surface area (Å²) in [7, 11) is 0. The van der Waals surface area contributed by atoms with Gasteiger partial charge in [0.25, 0.3) is 0 Å². The molecule has 0 radical (unpaired) electrons. The average molecular weight is 357 g/mol. The molecule has 2 aromatic heterocycles. The Morgan fingerprint density at radius 3 is 2.65 bits per heavy atom. The van der Waals surface area contributed by atoms with Crippen LogP contribution < -0.4 is 16.8 Å². The van der Waals surface area contributed by atoms with E-state index in [9.17, 15) is 10.1 Å². The number of nitro groups is 1. The molecular formula is C17H23N7O2. The molecule has 5 N–H and O–H groups in total. The van der Waals surface area contributed by atoms with Crippen LogP contribution in [0.2, 0.25) is 0 Å². The van der Waals surface area contributed by atoms with E-state index in [4.69, 9.17) is 11.5 Å². The molecule has 0 aromatic carbocycles. The van der Waals surface area contributed by atoms with E-state index in [1.807, 2.05) is 18.2 Å². The Morgan fingerprint density at radius 1 is 1.23 bits per heavy atom. The molecule has 1 aliphatic carbocycles. The van der Waals surface area contributed by atoms with Gasteiger partial charge in [-0.2, -0.15) is 4.98 Å². The van der Waals surface area contributed by atoms with Crippen LogP contribution in [-0.4, -0.2) is 25.9 Å². The minimum atomic E-state index is -0.498. The summed E-state index contributed by atoms with van der Waals surface area (Å²) in [5.74, 6) is 0.490. The van der Waals surface area contributed by atoms with E-state index in [2.05, 4.69) is 20.3 Å². The molecule has 0 unspecified atom stereocenters. The molecule has 0 spiro atoms. The van der Waals surface area contributed by atoms with E-state index in [1.165, 1.54) is 0 Å². The van der Waals surface area contributed by atoms with Crippen molar-refractivity contribution in [2.45, 2.75) is 44.7 Å². The van der Waals surface area contributed by atoms with Gasteiger partial charge in [-0.15, -0.1) is 0 Å². The molecule has 0 aliphatic heterocycles. The molecule has 0 saturated heterocycles. The highest BCUT2D eigenvalue weighted by Crippen LogP contribution is 2.31. The number of nitrogens with zero attached hydrogens (tertiary/aromatic N) is 4. The molecule has 2 heterocycles. The fourth-order valence-electron chi connectivity index (χ4n) is 3.28. The van der Waals surface area contributed by atoms with Crippen LogP contribution in [0.15, 0.2) is 24.4 Å². The predicted molar refractivity (Wildman–Crippen MR) is 98.3 cm³/mol. The third kappa shape index (κ3) is 4.42. The molecule has 1 saturated carbocycles. The summed E-state index contributed by atoms with van der Waals surface area (Å²) >= 11 is 0. The third-order valence-corrected chi connectivity index (χ3v) is 4.69. The first-order valence-electron chi connectivity index (χ1n) is 8.73. The predicted octanol–water partition coefficient (Wildman–Crippen LogP) is 2.03.